The van der Waals surface area contributed by atoms with Crippen molar-refractivity contribution >= 4 is 28.5 Å². The van der Waals surface area contributed by atoms with Crippen LogP contribution in [0, 0.1) is 0 Å². The molecule has 0 atom stereocenters. The number of rotatable bonds is 2. The van der Waals surface area contributed by atoms with Crippen LogP contribution < -0.4 is 15.5 Å². The highest BCUT2D eigenvalue weighted by atomic mass is 16.5. The first-order chi connectivity index (χ1) is 9.02. The average molecular weight is 263 g/mol. The smallest absolute Gasteiger partial charge is 0.394 e. The number of hydrogen-bond acceptors (Lipinski definition) is 5. The molecule has 7 nitrogen and oxygen atoms in total. The van der Waals surface area contributed by atoms with E-state index in [0.717, 1.165) is 6.26 Å². The van der Waals surface area contributed by atoms with E-state index < -0.39 is 17.3 Å². The Labute approximate surface area is 106 Å². The molecular weight excluding hydrogens is 254 g/mol. The number of aliphatic carboxylic acids is 1. The van der Waals surface area contributed by atoms with Gasteiger partial charge in [0.2, 0.25) is 5.43 Å². The van der Waals surface area contributed by atoms with Gasteiger partial charge in [-0.2, -0.15) is 0 Å². The van der Waals surface area contributed by atoms with Gasteiger partial charge in [0.15, 0.2) is 0 Å². The minimum Gasteiger partial charge on any atom is -0.497 e. The zero-order chi connectivity index (χ0) is 14.0. The van der Waals surface area contributed by atoms with Crippen molar-refractivity contribution in [3.05, 3.63) is 34.7 Å². The second kappa shape index (κ2) is 4.81. The Bertz CT molecular complexity index is 718. The largest absolute Gasteiger partial charge is 0.497 e. The van der Waals surface area contributed by atoms with Crippen molar-refractivity contribution < 1.29 is 23.8 Å². The van der Waals surface area contributed by atoms with Gasteiger partial charge >= 0.3 is 11.9 Å². The second-order valence-electron chi connectivity index (χ2n) is 3.60. The Morgan fingerprint density at radius 3 is 2.74 bits per heavy atom. The number of fused-ring (bicyclic) bond motifs is 1. The maximum Gasteiger partial charge on any atom is 0.394 e. The number of hydrogen-bond donors (Lipinski definition) is 2. The molecule has 0 aliphatic rings. The number of anilines is 1. The lowest BCUT2D eigenvalue weighted by molar-refractivity contribution is -0.147. The standard InChI is InChI=1S/C12H9NO6/c1-18-6-2-3-7-9(4-6)19-5-8(10(7)14)13-11(15)12(16)17/h2-5H,1H3,(H,13,15)(H,16,17). The second-order valence-corrected chi connectivity index (χ2v) is 3.60. The number of methoxy groups -OCH3 is 1. The Kier molecular flexibility index (Phi) is 3.19. The third-order valence-corrected chi connectivity index (χ3v) is 2.42. The van der Waals surface area contributed by atoms with Crippen molar-refractivity contribution in [2.75, 3.05) is 12.4 Å². The van der Waals surface area contributed by atoms with Crippen molar-refractivity contribution in [3.8, 4) is 5.75 Å². The molecule has 2 rings (SSSR count). The molecule has 2 aromatic rings. The number of carbonyl (C=O) groups excluding carboxylic acids is 1. The normalized spacial score (nSPS) is 10.2. The van der Waals surface area contributed by atoms with E-state index in [9.17, 15) is 14.4 Å². The summed E-state index contributed by atoms with van der Waals surface area (Å²) in [4.78, 5) is 33.4. The zero-order valence-electron chi connectivity index (χ0n) is 9.80. The van der Waals surface area contributed by atoms with Gasteiger partial charge < -0.3 is 19.6 Å². The van der Waals surface area contributed by atoms with Crippen molar-refractivity contribution in [3.63, 3.8) is 0 Å². The van der Waals surface area contributed by atoms with Gasteiger partial charge in [0.1, 0.15) is 23.3 Å². The Morgan fingerprint density at radius 2 is 2.11 bits per heavy atom. The number of ether oxygens (including phenoxy) is 1. The molecule has 1 aromatic carbocycles. The van der Waals surface area contributed by atoms with Gasteiger partial charge in [-0.3, -0.25) is 9.59 Å². The fourth-order valence-corrected chi connectivity index (χ4v) is 1.50. The van der Waals surface area contributed by atoms with Gasteiger partial charge in [0.25, 0.3) is 0 Å². The van der Waals surface area contributed by atoms with Crippen LogP contribution >= 0.6 is 0 Å². The number of nitrogens with one attached hydrogen (secondary N) is 1. The van der Waals surface area contributed by atoms with Gasteiger partial charge in [-0.05, 0) is 12.1 Å². The zero-order valence-corrected chi connectivity index (χ0v) is 9.80. The number of amides is 1. The minimum absolute atomic E-state index is 0.212. The molecular formula is C12H9NO6. The quantitative estimate of drug-likeness (QED) is 0.777. The SMILES string of the molecule is COc1ccc2c(=O)c(NC(=O)C(=O)O)coc2c1. The first-order valence-corrected chi connectivity index (χ1v) is 5.16. The van der Waals surface area contributed by atoms with Crippen LogP contribution in [0.2, 0.25) is 0 Å². The topological polar surface area (TPSA) is 106 Å². The summed E-state index contributed by atoms with van der Waals surface area (Å²) in [6.45, 7) is 0. The van der Waals surface area contributed by atoms with E-state index in [2.05, 4.69) is 0 Å². The molecule has 2 N–H and O–H groups in total. The average Bonchev–Trinajstić information content (AvgIpc) is 2.41. The van der Waals surface area contributed by atoms with Gasteiger partial charge in [-0.15, -0.1) is 0 Å². The van der Waals surface area contributed by atoms with Gasteiger partial charge in [-0.1, -0.05) is 0 Å². The summed E-state index contributed by atoms with van der Waals surface area (Å²) in [5, 5.41) is 10.6. The monoisotopic (exact) mass is 263 g/mol. The molecule has 0 radical (unpaired) electrons. The van der Waals surface area contributed by atoms with Gasteiger partial charge in [0, 0.05) is 6.07 Å². The number of carbonyl (C=O) groups is 2. The summed E-state index contributed by atoms with van der Waals surface area (Å²) in [6.07, 6.45) is 0.991. The summed E-state index contributed by atoms with van der Waals surface area (Å²) in [6, 6.07) is 4.54. The third kappa shape index (κ3) is 2.39. The van der Waals surface area contributed by atoms with Crippen LogP contribution in [0.1, 0.15) is 0 Å². The van der Waals surface area contributed by atoms with E-state index in [0.29, 0.717) is 5.75 Å². The lowest BCUT2D eigenvalue weighted by atomic mass is 10.2. The predicted octanol–water partition coefficient (Wildman–Crippen LogP) is 0.825. The van der Waals surface area contributed by atoms with Crippen molar-refractivity contribution in [2.45, 2.75) is 0 Å². The molecule has 1 aromatic heterocycles. The number of benzene rings is 1. The van der Waals surface area contributed by atoms with E-state index >= 15 is 0 Å². The Balaban J connectivity index is 2.49. The number of carboxylic acids is 1. The first-order valence-electron chi connectivity index (χ1n) is 5.16. The van der Waals surface area contributed by atoms with Crippen LogP contribution in [0.25, 0.3) is 11.0 Å². The Morgan fingerprint density at radius 1 is 1.37 bits per heavy atom. The Hall–Kier alpha value is -2.83. The molecule has 19 heavy (non-hydrogen) atoms. The van der Waals surface area contributed by atoms with Crippen molar-refractivity contribution in [2.24, 2.45) is 0 Å². The van der Waals surface area contributed by atoms with E-state index in [1.54, 1.807) is 6.07 Å². The third-order valence-electron chi connectivity index (χ3n) is 2.42. The molecule has 0 saturated heterocycles. The maximum atomic E-state index is 12.0. The first kappa shape index (κ1) is 12.6. The molecule has 98 valence electrons. The minimum atomic E-state index is -1.69. The van der Waals surface area contributed by atoms with E-state index in [4.69, 9.17) is 14.3 Å². The molecule has 0 bridgehead atoms. The molecule has 0 aliphatic carbocycles. The fourth-order valence-electron chi connectivity index (χ4n) is 1.50. The van der Waals surface area contributed by atoms with Gasteiger partial charge in [-0.25, -0.2) is 4.79 Å². The van der Waals surface area contributed by atoms with Crippen LogP contribution in [0.3, 0.4) is 0 Å². The highest BCUT2D eigenvalue weighted by Gasteiger charge is 2.15. The summed E-state index contributed by atoms with van der Waals surface area (Å²) in [7, 11) is 1.47. The molecule has 1 amide bonds. The molecule has 1 heterocycles. The van der Waals surface area contributed by atoms with Crippen LogP contribution in [-0.2, 0) is 9.59 Å². The lowest BCUT2D eigenvalue weighted by Gasteiger charge is -2.04. The molecule has 0 saturated carbocycles. The van der Waals surface area contributed by atoms with E-state index in [1.807, 2.05) is 5.32 Å². The summed E-state index contributed by atoms with van der Waals surface area (Å²) >= 11 is 0. The predicted molar refractivity (Wildman–Crippen MR) is 65.3 cm³/mol. The van der Waals surface area contributed by atoms with E-state index in [1.165, 1.54) is 19.2 Å². The van der Waals surface area contributed by atoms with Crippen LogP contribution in [0.4, 0.5) is 5.69 Å². The molecule has 0 unspecified atom stereocenters. The van der Waals surface area contributed by atoms with Gasteiger partial charge in [0.05, 0.1) is 12.5 Å². The number of carboxylic acid groups (broad SMARTS) is 1. The van der Waals surface area contributed by atoms with Crippen molar-refractivity contribution in [1.29, 1.82) is 0 Å². The van der Waals surface area contributed by atoms with Crippen LogP contribution in [0.5, 0.6) is 5.75 Å². The van der Waals surface area contributed by atoms with Crippen molar-refractivity contribution in [1.82, 2.24) is 0 Å². The molecule has 0 aliphatic heterocycles. The molecule has 7 heteroatoms. The summed E-state index contributed by atoms with van der Waals surface area (Å²) < 4.78 is 10.1. The van der Waals surface area contributed by atoms with Crippen LogP contribution in [-0.4, -0.2) is 24.1 Å². The lowest BCUT2D eigenvalue weighted by Crippen LogP contribution is -2.25. The maximum absolute atomic E-state index is 12.0. The highest BCUT2D eigenvalue weighted by molar-refractivity contribution is 6.36. The molecule has 0 spiro atoms. The van der Waals surface area contributed by atoms with Crippen LogP contribution in [0.15, 0.2) is 33.7 Å². The molecule has 0 fully saturated rings. The summed E-state index contributed by atoms with van der Waals surface area (Å²) in [5.41, 5.74) is -0.485. The fraction of sp³-hybridized carbons (Fsp3) is 0.0833. The summed E-state index contributed by atoms with van der Waals surface area (Å²) in [5.74, 6) is -2.48. The van der Waals surface area contributed by atoms with E-state index in [-0.39, 0.29) is 16.7 Å². The highest BCUT2D eigenvalue weighted by Crippen LogP contribution is 2.19.